The number of imidazole rings is 2. The average molecular weight is 654 g/mol. The van der Waals surface area contributed by atoms with Gasteiger partial charge in [-0.1, -0.05) is 39.3 Å². The van der Waals surface area contributed by atoms with Gasteiger partial charge in [-0.2, -0.15) is 0 Å². The molecule has 0 spiro atoms. The van der Waals surface area contributed by atoms with Gasteiger partial charge in [0.25, 0.3) is 0 Å². The Balaban J connectivity index is 0.000000230. The number of ether oxygens (including phenoxy) is 4. The second-order valence-electron chi connectivity index (χ2n) is 12.6. The number of hydrogen-bond acceptors (Lipinski definition) is 6. The van der Waals surface area contributed by atoms with Crippen molar-refractivity contribution in [3.8, 4) is 11.5 Å². The molecule has 12 heteroatoms. The number of halogens is 2. The minimum atomic E-state index is -1.07. The second-order valence-corrected chi connectivity index (χ2v) is 24.4. The summed E-state index contributed by atoms with van der Waals surface area (Å²) in [5, 5.41) is 0. The van der Waals surface area contributed by atoms with E-state index in [0.29, 0.717) is 25.2 Å². The molecule has 8 nitrogen and oxygen atoms in total. The smallest absolute Gasteiger partial charge is 0.126 e. The largest absolute Gasteiger partial charge is 0.497 e. The summed E-state index contributed by atoms with van der Waals surface area (Å²) < 4.78 is 26.2. The Kier molecular flexibility index (Phi) is 12.8. The molecule has 0 aliphatic rings. The summed E-state index contributed by atoms with van der Waals surface area (Å²) in [4.78, 5) is 9.09. The van der Waals surface area contributed by atoms with E-state index in [2.05, 4.69) is 49.3 Å². The van der Waals surface area contributed by atoms with E-state index < -0.39 is 16.1 Å². The fourth-order valence-corrected chi connectivity index (χ4v) is 6.05. The lowest BCUT2D eigenvalue weighted by Gasteiger charge is -2.16. The van der Waals surface area contributed by atoms with Crippen LogP contribution in [-0.2, 0) is 34.7 Å². The molecule has 0 atom stereocenters. The van der Waals surface area contributed by atoms with E-state index in [-0.39, 0.29) is 0 Å². The van der Waals surface area contributed by atoms with Crippen LogP contribution in [0.1, 0.15) is 11.6 Å². The Morgan fingerprint density at radius 1 is 0.643 bits per heavy atom. The van der Waals surface area contributed by atoms with Crippen LogP contribution in [0.25, 0.3) is 22.1 Å². The zero-order valence-corrected chi connectivity index (χ0v) is 29.8. The van der Waals surface area contributed by atoms with Gasteiger partial charge in [-0.05, 0) is 36.4 Å². The molecule has 2 aromatic heterocycles. The van der Waals surface area contributed by atoms with Crippen molar-refractivity contribution in [2.24, 2.45) is 0 Å². The van der Waals surface area contributed by atoms with Crippen molar-refractivity contribution in [1.82, 2.24) is 19.1 Å². The van der Waals surface area contributed by atoms with E-state index in [1.165, 1.54) is 0 Å². The summed E-state index contributed by atoms with van der Waals surface area (Å²) in [6, 6.07) is 14.0. The highest BCUT2D eigenvalue weighted by atomic mass is 35.5. The zero-order valence-electron chi connectivity index (χ0n) is 26.3. The van der Waals surface area contributed by atoms with E-state index >= 15 is 0 Å². The standard InChI is InChI=1S/2C15H23ClN2O2Si/c1-19-12-5-6-14-13(9-12)17-15(10-16)18(14)11-20-7-8-21(2,3)4;1-19-12-5-6-13-14(9-12)18(15(10-16)17-13)11-20-7-8-21(2,3)4/h2*5-6,9H,7-8,10-11H2,1-4H3. The molecule has 0 aliphatic heterocycles. The normalized spacial score (nSPS) is 12.0. The van der Waals surface area contributed by atoms with E-state index in [1.807, 2.05) is 45.5 Å². The predicted molar refractivity (Wildman–Crippen MR) is 180 cm³/mol. The van der Waals surface area contributed by atoms with E-state index in [4.69, 9.17) is 42.1 Å². The minimum absolute atomic E-state index is 0.369. The number of nitrogens with zero attached hydrogens (tertiary/aromatic N) is 4. The SMILES string of the molecule is COc1ccc2c(c1)nc(CCl)n2COCC[Si](C)(C)C.COc1ccc2nc(CCl)n(COCC[Si](C)(C)C)c2c1. The molecule has 0 fully saturated rings. The Labute approximate surface area is 262 Å². The van der Waals surface area contributed by atoms with Crippen molar-refractivity contribution in [2.75, 3.05) is 27.4 Å². The lowest BCUT2D eigenvalue weighted by molar-refractivity contribution is 0.0882. The lowest BCUT2D eigenvalue weighted by Crippen LogP contribution is -2.22. The third kappa shape index (κ3) is 9.99. The fourth-order valence-electron chi connectivity index (χ4n) is 4.13. The van der Waals surface area contributed by atoms with Crippen molar-refractivity contribution in [3.63, 3.8) is 0 Å². The summed E-state index contributed by atoms with van der Waals surface area (Å²) in [6.45, 7) is 16.6. The van der Waals surface area contributed by atoms with Gasteiger partial charge in [-0.3, -0.25) is 0 Å². The van der Waals surface area contributed by atoms with Crippen molar-refractivity contribution in [2.45, 2.75) is 76.6 Å². The molecule has 0 aliphatic carbocycles. The van der Waals surface area contributed by atoms with E-state index in [0.717, 1.165) is 70.5 Å². The fraction of sp³-hybridized carbons (Fsp3) is 0.533. The molecular weight excluding hydrogens is 607 g/mol. The minimum Gasteiger partial charge on any atom is -0.497 e. The molecule has 0 N–H and O–H groups in total. The highest BCUT2D eigenvalue weighted by molar-refractivity contribution is 6.76. The molecule has 0 amide bonds. The van der Waals surface area contributed by atoms with Crippen LogP contribution in [0.15, 0.2) is 36.4 Å². The quantitative estimate of drug-likeness (QED) is 0.0777. The van der Waals surface area contributed by atoms with Gasteiger partial charge < -0.3 is 28.1 Å². The summed E-state index contributed by atoms with van der Waals surface area (Å²) in [7, 11) is 1.19. The number of fused-ring (bicyclic) bond motifs is 2. The first-order valence-corrected chi connectivity index (χ1v) is 22.7. The third-order valence-corrected chi connectivity index (χ3v) is 10.6. The van der Waals surface area contributed by atoms with Gasteiger partial charge in [0.15, 0.2) is 0 Å². The van der Waals surface area contributed by atoms with Crippen molar-refractivity contribution >= 4 is 61.4 Å². The van der Waals surface area contributed by atoms with Gasteiger partial charge in [0.05, 0.1) is 48.0 Å². The maximum Gasteiger partial charge on any atom is 0.126 e. The van der Waals surface area contributed by atoms with E-state index in [1.54, 1.807) is 14.2 Å². The number of rotatable bonds is 14. The maximum absolute atomic E-state index is 6.00. The van der Waals surface area contributed by atoms with Crippen LogP contribution in [0, 0.1) is 0 Å². The number of alkyl halides is 2. The molecule has 0 unspecified atom stereocenters. The zero-order chi connectivity index (χ0) is 30.9. The number of methoxy groups -OCH3 is 2. The Bertz CT molecular complexity index is 1430. The second kappa shape index (κ2) is 15.6. The van der Waals surface area contributed by atoms with Crippen LogP contribution in [0.5, 0.6) is 11.5 Å². The number of benzene rings is 2. The summed E-state index contributed by atoms with van der Waals surface area (Å²) in [5.74, 6) is 4.00. The van der Waals surface area contributed by atoms with Gasteiger partial charge >= 0.3 is 0 Å². The summed E-state index contributed by atoms with van der Waals surface area (Å²) in [6.07, 6.45) is 0. The molecule has 0 bridgehead atoms. The van der Waals surface area contributed by atoms with E-state index in [9.17, 15) is 0 Å². The highest BCUT2D eigenvalue weighted by Crippen LogP contribution is 2.24. The predicted octanol–water partition coefficient (Wildman–Crippen LogP) is 8.19. The topological polar surface area (TPSA) is 72.6 Å². The lowest BCUT2D eigenvalue weighted by atomic mass is 10.3. The van der Waals surface area contributed by atoms with Crippen LogP contribution < -0.4 is 9.47 Å². The molecule has 232 valence electrons. The van der Waals surface area contributed by atoms with Gasteiger partial charge in [0.2, 0.25) is 0 Å². The van der Waals surface area contributed by atoms with Gasteiger partial charge in [-0.15, -0.1) is 23.2 Å². The highest BCUT2D eigenvalue weighted by Gasteiger charge is 2.15. The summed E-state index contributed by atoms with van der Waals surface area (Å²) in [5.41, 5.74) is 3.83. The average Bonchev–Trinajstić information content (AvgIpc) is 3.48. The molecule has 0 saturated heterocycles. The maximum atomic E-state index is 6.00. The van der Waals surface area contributed by atoms with Crippen LogP contribution in [0.2, 0.25) is 51.4 Å². The Hall–Kier alpha value is -2.09. The Morgan fingerprint density at radius 2 is 1.12 bits per heavy atom. The molecule has 2 aromatic carbocycles. The van der Waals surface area contributed by atoms with Crippen LogP contribution >= 0.6 is 23.2 Å². The van der Waals surface area contributed by atoms with Gasteiger partial charge in [-0.25, -0.2) is 9.97 Å². The molecule has 4 aromatic rings. The van der Waals surface area contributed by atoms with Crippen molar-refractivity contribution in [1.29, 1.82) is 0 Å². The summed E-state index contributed by atoms with van der Waals surface area (Å²) >= 11 is 12.0. The van der Waals surface area contributed by atoms with Gasteiger partial charge in [0.1, 0.15) is 36.6 Å². The molecule has 4 rings (SSSR count). The molecule has 0 saturated carbocycles. The number of hydrogen-bond donors (Lipinski definition) is 0. The molecule has 2 heterocycles. The van der Waals surface area contributed by atoms with Crippen LogP contribution in [0.3, 0.4) is 0 Å². The molecule has 42 heavy (non-hydrogen) atoms. The first-order valence-electron chi connectivity index (χ1n) is 14.2. The third-order valence-electron chi connectivity index (χ3n) is 6.74. The van der Waals surface area contributed by atoms with Crippen LogP contribution in [-0.4, -0.2) is 62.7 Å². The first-order chi connectivity index (χ1) is 19.9. The molecular formula is C30H46Cl2N4O4Si2. The van der Waals surface area contributed by atoms with Crippen molar-refractivity contribution in [3.05, 3.63) is 48.0 Å². The Morgan fingerprint density at radius 3 is 1.62 bits per heavy atom. The monoisotopic (exact) mass is 652 g/mol. The van der Waals surface area contributed by atoms with Crippen molar-refractivity contribution < 1.29 is 18.9 Å². The first kappa shape index (κ1) is 34.4. The van der Waals surface area contributed by atoms with Crippen LogP contribution in [0.4, 0.5) is 0 Å². The number of aromatic nitrogens is 4. The van der Waals surface area contributed by atoms with Gasteiger partial charge in [0, 0.05) is 41.5 Å². The molecule has 0 radical (unpaired) electrons.